The van der Waals surface area contributed by atoms with E-state index in [1.54, 1.807) is 17.7 Å². The summed E-state index contributed by atoms with van der Waals surface area (Å²) in [6.45, 7) is 0. The molecule has 0 amide bonds. The Balaban J connectivity index is -0.000000119. The molecule has 0 unspecified atom stereocenters. The van der Waals surface area contributed by atoms with Gasteiger partial charge in [-0.15, -0.1) is 0 Å². The van der Waals surface area contributed by atoms with Crippen molar-refractivity contribution in [2.24, 2.45) is 0 Å². The second-order valence-corrected chi connectivity index (χ2v) is 3.33. The van der Waals surface area contributed by atoms with E-state index >= 15 is 0 Å². The summed E-state index contributed by atoms with van der Waals surface area (Å²) in [6.07, 6.45) is 0. The van der Waals surface area contributed by atoms with E-state index in [2.05, 4.69) is 0 Å². The number of rotatable bonds is 0. The summed E-state index contributed by atoms with van der Waals surface area (Å²) in [5, 5.41) is 86.0. The molecular formula is C6H15B4F2LiO12. The zero-order valence-electron chi connectivity index (χ0n) is 12.7. The van der Waals surface area contributed by atoms with E-state index in [-0.39, 0.29) is 0 Å². The van der Waals surface area contributed by atoms with Crippen LogP contribution in [0.2, 0.25) is 0 Å². The van der Waals surface area contributed by atoms with Crippen LogP contribution in [0.5, 0.6) is 0 Å². The molecule has 0 atom stereocenters. The van der Waals surface area contributed by atoms with E-state index < -0.39 is 40.9 Å². The van der Waals surface area contributed by atoms with Crippen molar-refractivity contribution in [2.45, 2.75) is 0 Å². The van der Waals surface area contributed by atoms with Gasteiger partial charge in [0, 0.05) is 0 Å². The molecule has 0 aliphatic rings. The third-order valence-corrected chi connectivity index (χ3v) is 1.01. The first-order valence-corrected chi connectivity index (χ1v) is 5.71. The average molecular weight is 367 g/mol. The summed E-state index contributed by atoms with van der Waals surface area (Å²) >= 11 is 1.64. The van der Waals surface area contributed by atoms with Crippen LogP contribution < -0.4 is 4.24 Å². The standard InChI is InChI=1S/C6H3F2.4BH3O3.Li/c7-5-2-1-3-6(8)4-5;4*2-1(3)4;/h2-4H;4*2-4H;. The summed E-state index contributed by atoms with van der Waals surface area (Å²) < 4.78 is 25.0. The van der Waals surface area contributed by atoms with Crippen molar-refractivity contribution in [3.05, 3.63) is 29.8 Å². The van der Waals surface area contributed by atoms with Crippen LogP contribution in [0.15, 0.2) is 18.2 Å². The fraction of sp³-hybridized carbons (Fsp3) is 0. The maximum atomic E-state index is 12.2. The second-order valence-electron chi connectivity index (χ2n) is 3.33. The topological polar surface area (TPSA) is 243 Å². The van der Waals surface area contributed by atoms with Crippen molar-refractivity contribution in [3.8, 4) is 0 Å². The first-order chi connectivity index (χ1) is 11.1. The van der Waals surface area contributed by atoms with Gasteiger partial charge in [-0.1, -0.05) is 0 Å². The zero-order chi connectivity index (χ0) is 21.2. The number of halogens is 2. The maximum absolute atomic E-state index is 12.2. The van der Waals surface area contributed by atoms with E-state index in [9.17, 15) is 8.78 Å². The Hall–Kier alpha value is -0.543. The van der Waals surface area contributed by atoms with Crippen molar-refractivity contribution < 1.29 is 69.1 Å². The molecule has 0 aliphatic carbocycles. The average Bonchev–Trinajstić information content (AvgIpc) is 2.22. The molecule has 1 aromatic rings. The quantitative estimate of drug-likeness (QED) is 0.191. The molecule has 1 aromatic carbocycles. The molecule has 0 fully saturated rings. The Morgan fingerprint density at radius 1 is 0.520 bits per heavy atom. The zero-order valence-corrected chi connectivity index (χ0v) is 12.7. The van der Waals surface area contributed by atoms with Gasteiger partial charge in [0.05, 0.1) is 0 Å². The van der Waals surface area contributed by atoms with E-state index in [4.69, 9.17) is 60.3 Å². The van der Waals surface area contributed by atoms with Crippen molar-refractivity contribution >= 4 is 51.2 Å². The Morgan fingerprint density at radius 3 is 0.800 bits per heavy atom. The second kappa shape index (κ2) is 21.5. The monoisotopic (exact) mass is 368 g/mol. The minimum atomic E-state index is -2.17. The van der Waals surface area contributed by atoms with E-state index in [1.807, 2.05) is 0 Å². The third kappa shape index (κ3) is 82.3. The van der Waals surface area contributed by atoms with Crippen molar-refractivity contribution in [1.82, 2.24) is 0 Å². The number of hydrogen-bond donors (Lipinski definition) is 12. The molecule has 1 rings (SSSR count). The fourth-order valence-corrected chi connectivity index (χ4v) is 0.692. The Labute approximate surface area is 150 Å². The van der Waals surface area contributed by atoms with Gasteiger partial charge in [-0.05, 0) is 0 Å². The number of hydrogen-bond acceptors (Lipinski definition) is 12. The molecule has 0 spiro atoms. The summed E-state index contributed by atoms with van der Waals surface area (Å²) in [6, 6.07) is 3.42. The summed E-state index contributed by atoms with van der Waals surface area (Å²) in [4.78, 5) is 0. The van der Waals surface area contributed by atoms with Crippen LogP contribution in [0.1, 0.15) is 0 Å². The van der Waals surface area contributed by atoms with Gasteiger partial charge in [-0.2, -0.15) is 0 Å². The molecule has 138 valence electrons. The molecule has 19 heteroatoms. The molecule has 25 heavy (non-hydrogen) atoms. The first kappa shape index (κ1) is 32.2. The summed E-state index contributed by atoms with van der Waals surface area (Å²) in [7, 11) is -8.67. The van der Waals surface area contributed by atoms with Gasteiger partial charge < -0.3 is 60.3 Å². The van der Waals surface area contributed by atoms with Crippen molar-refractivity contribution in [2.75, 3.05) is 0 Å². The van der Waals surface area contributed by atoms with Crippen LogP contribution in [-0.4, -0.2) is 107 Å². The van der Waals surface area contributed by atoms with Gasteiger partial charge in [0.1, 0.15) is 0 Å². The normalized spacial score (nSPS) is 7.84. The first-order valence-electron chi connectivity index (χ1n) is 5.71. The van der Waals surface area contributed by atoms with Gasteiger partial charge in [0.15, 0.2) is 0 Å². The van der Waals surface area contributed by atoms with Gasteiger partial charge in [0.2, 0.25) is 0 Å². The van der Waals surface area contributed by atoms with Crippen molar-refractivity contribution in [1.29, 1.82) is 0 Å². The SMILES string of the molecule is OB(O)O.OB(O)O.OB(O)O.OB(O)O.[Li][c]1cc(F)cc(F)c1. The molecule has 0 saturated heterocycles. The fourth-order valence-electron chi connectivity index (χ4n) is 0.692. The minimum absolute atomic E-state index is 0.521. The van der Waals surface area contributed by atoms with Crippen LogP contribution in [0.4, 0.5) is 8.78 Å². The molecular weight excluding hydrogens is 352 g/mol. The molecule has 0 heterocycles. The number of benzene rings is 1. The van der Waals surface area contributed by atoms with Gasteiger partial charge >= 0.3 is 89.9 Å². The van der Waals surface area contributed by atoms with Gasteiger partial charge in [-0.3, -0.25) is 0 Å². The molecule has 0 saturated carbocycles. The van der Waals surface area contributed by atoms with E-state index in [0.29, 0.717) is 4.24 Å². The molecule has 0 aliphatic heterocycles. The van der Waals surface area contributed by atoms with Crippen LogP contribution in [0, 0.1) is 11.6 Å². The molecule has 0 radical (unpaired) electrons. The van der Waals surface area contributed by atoms with Gasteiger partial charge in [-0.25, -0.2) is 0 Å². The van der Waals surface area contributed by atoms with E-state index in [1.165, 1.54) is 12.1 Å². The van der Waals surface area contributed by atoms with Crippen LogP contribution in [0.25, 0.3) is 0 Å². The van der Waals surface area contributed by atoms with Crippen LogP contribution in [-0.2, 0) is 0 Å². The summed E-state index contributed by atoms with van der Waals surface area (Å²) in [5.41, 5.74) is 0. The van der Waals surface area contributed by atoms with Gasteiger partial charge in [0.25, 0.3) is 0 Å². The van der Waals surface area contributed by atoms with E-state index in [0.717, 1.165) is 6.07 Å². The predicted octanol–water partition coefficient (Wildman–Crippen LogP) is -7.45. The molecule has 12 N–H and O–H groups in total. The Kier molecular flexibility index (Phi) is 27.7. The Morgan fingerprint density at radius 2 is 0.680 bits per heavy atom. The summed E-state index contributed by atoms with van der Waals surface area (Å²) in [5.74, 6) is -1.04. The van der Waals surface area contributed by atoms with Crippen LogP contribution >= 0.6 is 0 Å². The van der Waals surface area contributed by atoms with Crippen molar-refractivity contribution in [3.63, 3.8) is 0 Å². The molecule has 12 nitrogen and oxygen atoms in total. The molecule has 0 aromatic heterocycles. The molecule has 0 bridgehead atoms. The predicted molar refractivity (Wildman–Crippen MR) is 81.4 cm³/mol. The third-order valence-electron chi connectivity index (χ3n) is 1.01. The van der Waals surface area contributed by atoms with Crippen LogP contribution in [0.3, 0.4) is 0 Å². The Bertz CT molecular complexity index is 318.